The number of nitrogens with two attached hydrogens (primary N) is 1. The van der Waals surface area contributed by atoms with Gasteiger partial charge in [-0.2, -0.15) is 0 Å². The second-order valence-corrected chi connectivity index (χ2v) is 6.16. The molecule has 1 fully saturated rings. The summed E-state index contributed by atoms with van der Waals surface area (Å²) in [6, 6.07) is 0.266. The topological polar surface area (TPSA) is 101 Å². The Hall–Kier alpha value is -0.660. The van der Waals surface area contributed by atoms with E-state index < -0.39 is 10.0 Å². The minimum Gasteiger partial charge on any atom is -0.356 e. The number of nitrogens with one attached hydrogen (secondary N) is 2. The number of hydrogen-bond donors (Lipinski definition) is 3. The number of rotatable bonds is 6. The summed E-state index contributed by atoms with van der Waals surface area (Å²) in [5.41, 5.74) is 0. The van der Waals surface area contributed by atoms with E-state index >= 15 is 0 Å². The summed E-state index contributed by atoms with van der Waals surface area (Å²) in [4.78, 5) is 11.5. The summed E-state index contributed by atoms with van der Waals surface area (Å²) in [5, 5.41) is 10.8. The van der Waals surface area contributed by atoms with Gasteiger partial charge in [0.2, 0.25) is 15.9 Å². The van der Waals surface area contributed by atoms with Crippen LogP contribution in [0.15, 0.2) is 0 Å². The number of piperidine rings is 1. The van der Waals surface area contributed by atoms with Crippen molar-refractivity contribution in [2.45, 2.75) is 38.1 Å². The Bertz CT molecular complexity index is 337. The first kappa shape index (κ1) is 14.4. The molecule has 1 amide bonds. The normalized spacial score (nSPS) is 21.1. The van der Waals surface area contributed by atoms with Crippen molar-refractivity contribution in [3.63, 3.8) is 0 Å². The molecule has 1 heterocycles. The van der Waals surface area contributed by atoms with Crippen LogP contribution in [0.5, 0.6) is 0 Å². The smallest absolute Gasteiger partial charge is 0.221 e. The Morgan fingerprint density at radius 1 is 1.41 bits per heavy atom. The van der Waals surface area contributed by atoms with Crippen LogP contribution in [0.25, 0.3) is 0 Å². The molecular formula is C10H21N3O3S. The van der Waals surface area contributed by atoms with Crippen molar-refractivity contribution in [3.8, 4) is 0 Å². The van der Waals surface area contributed by atoms with E-state index in [2.05, 4.69) is 10.6 Å². The van der Waals surface area contributed by atoms with Crippen molar-refractivity contribution in [2.24, 2.45) is 5.14 Å². The van der Waals surface area contributed by atoms with Crippen LogP contribution in [-0.4, -0.2) is 39.2 Å². The third-order valence-electron chi connectivity index (χ3n) is 2.77. The summed E-state index contributed by atoms with van der Waals surface area (Å²) in [7, 11) is -3.41. The number of carbonyl (C=O) groups is 1. The summed E-state index contributed by atoms with van der Waals surface area (Å²) in [6.45, 7) is 1.34. The van der Waals surface area contributed by atoms with Crippen LogP contribution in [0.2, 0.25) is 0 Å². The van der Waals surface area contributed by atoms with E-state index in [-0.39, 0.29) is 17.7 Å². The van der Waals surface area contributed by atoms with Gasteiger partial charge in [0.1, 0.15) is 0 Å². The largest absolute Gasteiger partial charge is 0.356 e. The van der Waals surface area contributed by atoms with E-state index in [1.54, 1.807) is 0 Å². The molecule has 1 rings (SSSR count). The summed E-state index contributed by atoms with van der Waals surface area (Å²) < 4.78 is 21.3. The molecule has 0 saturated carbocycles. The molecule has 17 heavy (non-hydrogen) atoms. The third-order valence-corrected chi connectivity index (χ3v) is 3.63. The molecule has 0 aromatic heterocycles. The van der Waals surface area contributed by atoms with E-state index in [0.717, 1.165) is 19.4 Å². The van der Waals surface area contributed by atoms with E-state index in [9.17, 15) is 13.2 Å². The molecule has 0 spiro atoms. The van der Waals surface area contributed by atoms with E-state index in [1.165, 1.54) is 6.42 Å². The zero-order valence-electron chi connectivity index (χ0n) is 9.94. The number of hydrogen-bond acceptors (Lipinski definition) is 4. The van der Waals surface area contributed by atoms with Crippen molar-refractivity contribution in [1.82, 2.24) is 10.6 Å². The fourth-order valence-corrected chi connectivity index (χ4v) is 2.44. The molecule has 1 aliphatic rings. The molecule has 1 saturated heterocycles. The summed E-state index contributed by atoms with van der Waals surface area (Å²) in [6.07, 6.45) is 4.20. The van der Waals surface area contributed by atoms with Gasteiger partial charge in [-0.3, -0.25) is 4.79 Å². The monoisotopic (exact) mass is 263 g/mol. The lowest BCUT2D eigenvalue weighted by Crippen LogP contribution is -2.39. The third kappa shape index (κ3) is 7.30. The lowest BCUT2D eigenvalue weighted by Gasteiger charge is -2.22. The van der Waals surface area contributed by atoms with Gasteiger partial charge in [-0.1, -0.05) is 6.42 Å². The van der Waals surface area contributed by atoms with Crippen molar-refractivity contribution >= 4 is 15.9 Å². The van der Waals surface area contributed by atoms with Gasteiger partial charge in [-0.25, -0.2) is 13.6 Å². The van der Waals surface area contributed by atoms with Crippen LogP contribution in [0.3, 0.4) is 0 Å². The molecule has 100 valence electrons. The molecule has 7 heteroatoms. The van der Waals surface area contributed by atoms with E-state index in [1.807, 2.05) is 0 Å². The average Bonchev–Trinajstić information content (AvgIpc) is 2.25. The first-order chi connectivity index (χ1) is 7.97. The molecule has 1 aliphatic heterocycles. The molecule has 1 atom stereocenters. The van der Waals surface area contributed by atoms with Gasteiger partial charge in [-0.05, 0) is 25.8 Å². The van der Waals surface area contributed by atoms with E-state index in [4.69, 9.17) is 5.14 Å². The Labute approximate surface area is 102 Å². The first-order valence-corrected chi connectivity index (χ1v) is 7.69. The zero-order valence-corrected chi connectivity index (χ0v) is 10.8. The van der Waals surface area contributed by atoms with Crippen LogP contribution in [0.4, 0.5) is 0 Å². The highest BCUT2D eigenvalue weighted by molar-refractivity contribution is 7.89. The molecular weight excluding hydrogens is 242 g/mol. The van der Waals surface area contributed by atoms with Crippen LogP contribution in [-0.2, 0) is 14.8 Å². The maximum Gasteiger partial charge on any atom is 0.221 e. The Kier molecular flexibility index (Phi) is 5.87. The SMILES string of the molecule is NS(=O)(=O)CCCNC(=O)CC1CCCCN1. The van der Waals surface area contributed by atoms with Crippen molar-refractivity contribution < 1.29 is 13.2 Å². The molecule has 0 aromatic rings. The molecule has 4 N–H and O–H groups in total. The fourth-order valence-electron chi connectivity index (χ4n) is 1.90. The lowest BCUT2D eigenvalue weighted by molar-refractivity contribution is -0.121. The molecule has 0 aliphatic carbocycles. The van der Waals surface area contributed by atoms with Crippen molar-refractivity contribution in [1.29, 1.82) is 0 Å². The molecule has 0 radical (unpaired) electrons. The van der Waals surface area contributed by atoms with Gasteiger partial charge in [-0.15, -0.1) is 0 Å². The Morgan fingerprint density at radius 3 is 2.76 bits per heavy atom. The zero-order chi connectivity index (χ0) is 12.7. The molecule has 1 unspecified atom stereocenters. The number of primary sulfonamides is 1. The second kappa shape index (κ2) is 6.93. The van der Waals surface area contributed by atoms with Crippen molar-refractivity contribution in [3.05, 3.63) is 0 Å². The van der Waals surface area contributed by atoms with Gasteiger partial charge in [0.25, 0.3) is 0 Å². The standard InChI is InChI=1S/C10H21N3O3S/c11-17(15,16)7-3-6-13-10(14)8-9-4-1-2-5-12-9/h9,12H,1-8H2,(H,13,14)(H2,11,15,16). The van der Waals surface area contributed by atoms with Crippen LogP contribution in [0, 0.1) is 0 Å². The number of sulfonamides is 1. The van der Waals surface area contributed by atoms with Gasteiger partial charge < -0.3 is 10.6 Å². The lowest BCUT2D eigenvalue weighted by atomic mass is 10.0. The minimum atomic E-state index is -3.41. The summed E-state index contributed by atoms with van der Waals surface area (Å²) in [5.74, 6) is -0.117. The summed E-state index contributed by atoms with van der Waals surface area (Å²) >= 11 is 0. The van der Waals surface area contributed by atoms with Crippen LogP contribution >= 0.6 is 0 Å². The number of carbonyl (C=O) groups excluding carboxylic acids is 1. The van der Waals surface area contributed by atoms with Gasteiger partial charge in [0.15, 0.2) is 0 Å². The van der Waals surface area contributed by atoms with Crippen molar-refractivity contribution in [2.75, 3.05) is 18.8 Å². The van der Waals surface area contributed by atoms with Gasteiger partial charge in [0, 0.05) is 19.0 Å². The van der Waals surface area contributed by atoms with Crippen LogP contribution in [0.1, 0.15) is 32.1 Å². The van der Waals surface area contributed by atoms with E-state index in [0.29, 0.717) is 19.4 Å². The molecule has 0 bridgehead atoms. The minimum absolute atomic E-state index is 0.0289. The van der Waals surface area contributed by atoms with Gasteiger partial charge >= 0.3 is 0 Å². The highest BCUT2D eigenvalue weighted by Crippen LogP contribution is 2.09. The maximum absolute atomic E-state index is 11.5. The predicted octanol–water partition coefficient (Wildman–Crippen LogP) is -0.687. The average molecular weight is 263 g/mol. The molecule has 6 nitrogen and oxygen atoms in total. The Balaban J connectivity index is 2.08. The second-order valence-electron chi connectivity index (χ2n) is 4.42. The highest BCUT2D eigenvalue weighted by atomic mass is 32.2. The Morgan fingerprint density at radius 2 is 2.18 bits per heavy atom. The first-order valence-electron chi connectivity index (χ1n) is 5.98. The number of amides is 1. The molecule has 0 aromatic carbocycles. The quantitative estimate of drug-likeness (QED) is 0.552. The predicted molar refractivity (Wildman–Crippen MR) is 65.9 cm³/mol. The highest BCUT2D eigenvalue weighted by Gasteiger charge is 2.15. The van der Waals surface area contributed by atoms with Gasteiger partial charge in [0.05, 0.1) is 5.75 Å². The van der Waals surface area contributed by atoms with Crippen LogP contribution < -0.4 is 15.8 Å². The fraction of sp³-hybridized carbons (Fsp3) is 0.900. The maximum atomic E-state index is 11.5.